The Morgan fingerprint density at radius 1 is 1.71 bits per heavy atom. The molecule has 0 radical (unpaired) electrons. The smallest absolute Gasteiger partial charge is 0.254 e. The van der Waals surface area contributed by atoms with E-state index in [0.29, 0.717) is 6.54 Å². The number of nitrogens with zero attached hydrogens (tertiary/aromatic N) is 1. The number of carbonyl (C=O) groups excluding carboxylic acids is 1. The third-order valence-electron chi connectivity index (χ3n) is 1.98. The van der Waals surface area contributed by atoms with Crippen molar-refractivity contribution in [2.75, 3.05) is 13.6 Å². The number of amides is 1. The SMILES string of the molecule is CC(Cl)CCN(C)C(=O)c1ccsc1. The Morgan fingerprint density at radius 2 is 2.43 bits per heavy atom. The molecule has 1 aromatic heterocycles. The zero-order chi connectivity index (χ0) is 10.6. The predicted octanol–water partition coefficient (Wildman–Crippen LogP) is 2.84. The van der Waals surface area contributed by atoms with Gasteiger partial charge in [-0.05, 0) is 24.8 Å². The van der Waals surface area contributed by atoms with Crippen molar-refractivity contribution >= 4 is 28.8 Å². The molecule has 0 N–H and O–H groups in total. The summed E-state index contributed by atoms with van der Waals surface area (Å²) in [4.78, 5) is 13.4. The molecule has 0 saturated carbocycles. The minimum Gasteiger partial charge on any atom is -0.342 e. The fourth-order valence-electron chi connectivity index (χ4n) is 1.08. The van der Waals surface area contributed by atoms with E-state index in [-0.39, 0.29) is 11.3 Å². The topological polar surface area (TPSA) is 20.3 Å². The fourth-order valence-corrected chi connectivity index (χ4v) is 1.81. The van der Waals surface area contributed by atoms with E-state index < -0.39 is 0 Å². The second kappa shape index (κ2) is 5.37. The van der Waals surface area contributed by atoms with Crippen LogP contribution in [0.2, 0.25) is 0 Å². The zero-order valence-corrected chi connectivity index (χ0v) is 9.94. The van der Waals surface area contributed by atoms with Crippen LogP contribution in [0.1, 0.15) is 23.7 Å². The summed E-state index contributed by atoms with van der Waals surface area (Å²) in [6.45, 7) is 2.64. The van der Waals surface area contributed by atoms with Crippen molar-refractivity contribution in [3.05, 3.63) is 22.4 Å². The molecule has 0 aliphatic carbocycles. The van der Waals surface area contributed by atoms with Crippen molar-refractivity contribution in [2.45, 2.75) is 18.7 Å². The van der Waals surface area contributed by atoms with Crippen molar-refractivity contribution in [3.63, 3.8) is 0 Å². The highest BCUT2D eigenvalue weighted by molar-refractivity contribution is 7.08. The number of carbonyl (C=O) groups is 1. The second-order valence-corrected chi connectivity index (χ2v) is 4.83. The van der Waals surface area contributed by atoms with Gasteiger partial charge in [0.15, 0.2) is 0 Å². The highest BCUT2D eigenvalue weighted by Gasteiger charge is 2.11. The van der Waals surface area contributed by atoms with Gasteiger partial charge in [0, 0.05) is 24.3 Å². The van der Waals surface area contributed by atoms with Crippen LogP contribution in [0.3, 0.4) is 0 Å². The molecule has 1 unspecified atom stereocenters. The standard InChI is InChI=1S/C10H14ClNOS/c1-8(11)3-5-12(2)10(13)9-4-6-14-7-9/h4,6-8H,3,5H2,1-2H3. The van der Waals surface area contributed by atoms with Crippen molar-refractivity contribution < 1.29 is 4.79 Å². The van der Waals surface area contributed by atoms with E-state index in [0.717, 1.165) is 12.0 Å². The molecule has 0 spiro atoms. The van der Waals surface area contributed by atoms with Crippen LogP contribution < -0.4 is 0 Å². The van der Waals surface area contributed by atoms with E-state index in [1.165, 1.54) is 11.3 Å². The van der Waals surface area contributed by atoms with E-state index in [2.05, 4.69) is 0 Å². The predicted molar refractivity (Wildman–Crippen MR) is 61.2 cm³/mol. The Kier molecular flexibility index (Phi) is 4.42. The lowest BCUT2D eigenvalue weighted by molar-refractivity contribution is 0.0794. The number of alkyl halides is 1. The molecule has 1 atom stereocenters. The summed E-state index contributed by atoms with van der Waals surface area (Å²) in [6, 6.07) is 1.84. The van der Waals surface area contributed by atoms with Gasteiger partial charge in [0.05, 0.1) is 5.56 Å². The molecule has 0 aliphatic rings. The lowest BCUT2D eigenvalue weighted by atomic mass is 10.2. The van der Waals surface area contributed by atoms with Gasteiger partial charge < -0.3 is 4.90 Å². The molecule has 1 heterocycles. The van der Waals surface area contributed by atoms with E-state index in [4.69, 9.17) is 11.6 Å². The number of hydrogen-bond donors (Lipinski definition) is 0. The Balaban J connectivity index is 2.45. The van der Waals surface area contributed by atoms with E-state index in [1.807, 2.05) is 23.8 Å². The molecule has 0 aromatic carbocycles. The van der Waals surface area contributed by atoms with Crippen LogP contribution in [0.15, 0.2) is 16.8 Å². The van der Waals surface area contributed by atoms with Crippen LogP contribution in [0.25, 0.3) is 0 Å². The maximum atomic E-state index is 11.7. The third kappa shape index (κ3) is 3.31. The lowest BCUT2D eigenvalue weighted by Crippen LogP contribution is -2.28. The molecule has 78 valence electrons. The van der Waals surface area contributed by atoms with Gasteiger partial charge in [-0.15, -0.1) is 11.6 Å². The van der Waals surface area contributed by atoms with E-state index >= 15 is 0 Å². The number of rotatable bonds is 4. The molecular formula is C10H14ClNOS. The number of thiophene rings is 1. The Hall–Kier alpha value is -0.540. The van der Waals surface area contributed by atoms with E-state index in [1.54, 1.807) is 11.9 Å². The van der Waals surface area contributed by atoms with Crippen LogP contribution in [0, 0.1) is 0 Å². The van der Waals surface area contributed by atoms with Crippen LogP contribution in [-0.4, -0.2) is 29.8 Å². The first kappa shape index (κ1) is 11.5. The van der Waals surface area contributed by atoms with Gasteiger partial charge in [-0.3, -0.25) is 4.79 Å². The average molecular weight is 232 g/mol. The number of halogens is 1. The van der Waals surface area contributed by atoms with Gasteiger partial charge in [-0.1, -0.05) is 0 Å². The van der Waals surface area contributed by atoms with Crippen LogP contribution >= 0.6 is 22.9 Å². The Labute approximate surface area is 93.5 Å². The first-order chi connectivity index (χ1) is 6.61. The Bertz CT molecular complexity index is 284. The van der Waals surface area contributed by atoms with Crippen molar-refractivity contribution in [2.24, 2.45) is 0 Å². The first-order valence-electron chi connectivity index (χ1n) is 4.53. The lowest BCUT2D eigenvalue weighted by Gasteiger charge is -2.16. The molecule has 14 heavy (non-hydrogen) atoms. The van der Waals surface area contributed by atoms with Gasteiger partial charge in [-0.2, -0.15) is 11.3 Å². The summed E-state index contributed by atoms with van der Waals surface area (Å²) in [7, 11) is 1.80. The van der Waals surface area contributed by atoms with Crippen LogP contribution in [0.5, 0.6) is 0 Å². The molecular weight excluding hydrogens is 218 g/mol. The van der Waals surface area contributed by atoms with Gasteiger partial charge in [0.2, 0.25) is 0 Å². The highest BCUT2D eigenvalue weighted by atomic mass is 35.5. The van der Waals surface area contributed by atoms with E-state index in [9.17, 15) is 4.79 Å². The maximum absolute atomic E-state index is 11.7. The van der Waals surface area contributed by atoms with Gasteiger partial charge in [0.1, 0.15) is 0 Å². The molecule has 1 aromatic rings. The molecule has 0 saturated heterocycles. The Morgan fingerprint density at radius 3 is 2.93 bits per heavy atom. The second-order valence-electron chi connectivity index (χ2n) is 3.31. The summed E-state index contributed by atoms with van der Waals surface area (Å²) in [6.07, 6.45) is 0.827. The number of hydrogen-bond acceptors (Lipinski definition) is 2. The van der Waals surface area contributed by atoms with Crippen molar-refractivity contribution in [1.29, 1.82) is 0 Å². The normalized spacial score (nSPS) is 12.5. The molecule has 2 nitrogen and oxygen atoms in total. The average Bonchev–Trinajstić information content (AvgIpc) is 2.65. The molecule has 0 aliphatic heterocycles. The fraction of sp³-hybridized carbons (Fsp3) is 0.500. The minimum absolute atomic E-state index is 0.0727. The molecule has 4 heteroatoms. The molecule has 1 rings (SSSR count). The minimum atomic E-state index is 0.0727. The first-order valence-corrected chi connectivity index (χ1v) is 5.91. The van der Waals surface area contributed by atoms with Gasteiger partial charge in [-0.25, -0.2) is 0 Å². The third-order valence-corrected chi connectivity index (χ3v) is 2.88. The van der Waals surface area contributed by atoms with Gasteiger partial charge in [0.25, 0.3) is 5.91 Å². The molecule has 1 amide bonds. The van der Waals surface area contributed by atoms with Crippen molar-refractivity contribution in [3.8, 4) is 0 Å². The molecule has 0 fully saturated rings. The summed E-state index contributed by atoms with van der Waals surface area (Å²) in [5.74, 6) is 0.0727. The van der Waals surface area contributed by atoms with Crippen LogP contribution in [0.4, 0.5) is 0 Å². The highest BCUT2D eigenvalue weighted by Crippen LogP contribution is 2.09. The summed E-state index contributed by atoms with van der Waals surface area (Å²) >= 11 is 7.35. The zero-order valence-electron chi connectivity index (χ0n) is 8.37. The monoisotopic (exact) mass is 231 g/mol. The van der Waals surface area contributed by atoms with Crippen molar-refractivity contribution in [1.82, 2.24) is 4.90 Å². The quantitative estimate of drug-likeness (QED) is 0.730. The summed E-state index contributed by atoms with van der Waals surface area (Å²) < 4.78 is 0. The molecule has 0 bridgehead atoms. The largest absolute Gasteiger partial charge is 0.342 e. The summed E-state index contributed by atoms with van der Waals surface area (Å²) in [5, 5.41) is 3.89. The van der Waals surface area contributed by atoms with Crippen LogP contribution in [-0.2, 0) is 0 Å². The van der Waals surface area contributed by atoms with Gasteiger partial charge >= 0.3 is 0 Å². The summed E-state index contributed by atoms with van der Waals surface area (Å²) in [5.41, 5.74) is 0.764. The maximum Gasteiger partial charge on any atom is 0.254 e.